The van der Waals surface area contributed by atoms with Gasteiger partial charge in [0.1, 0.15) is 5.75 Å². The summed E-state index contributed by atoms with van der Waals surface area (Å²) < 4.78 is 5.10. The Balaban J connectivity index is 0.00000210. The van der Waals surface area contributed by atoms with Crippen LogP contribution in [0.15, 0.2) is 24.3 Å². The number of nitrogens with two attached hydrogens (primary N) is 1. The van der Waals surface area contributed by atoms with E-state index >= 15 is 0 Å². The Labute approximate surface area is 185 Å². The van der Waals surface area contributed by atoms with Crippen LogP contribution in [-0.2, 0) is 4.79 Å². The zero-order valence-electron chi connectivity index (χ0n) is 16.9. The maximum absolute atomic E-state index is 12.7. The van der Waals surface area contributed by atoms with Crippen LogP contribution in [0.1, 0.15) is 36.0 Å². The molecule has 0 aromatic heterocycles. The van der Waals surface area contributed by atoms with Crippen LogP contribution >= 0.6 is 24.8 Å². The molecule has 0 radical (unpaired) electrons. The Morgan fingerprint density at radius 3 is 2.21 bits per heavy atom. The predicted octanol–water partition coefficient (Wildman–Crippen LogP) is 1.68. The third kappa shape index (κ3) is 6.47. The van der Waals surface area contributed by atoms with Crippen LogP contribution < -0.4 is 15.8 Å². The van der Waals surface area contributed by atoms with Crippen LogP contribution in [-0.4, -0.2) is 73.5 Å². The van der Waals surface area contributed by atoms with Crippen molar-refractivity contribution >= 4 is 36.6 Å². The highest BCUT2D eigenvalue weighted by atomic mass is 35.5. The van der Waals surface area contributed by atoms with Crippen LogP contribution in [0, 0.1) is 0 Å². The highest BCUT2D eigenvalue weighted by Crippen LogP contribution is 2.29. The summed E-state index contributed by atoms with van der Waals surface area (Å²) in [5.74, 6) is 0.765. The van der Waals surface area contributed by atoms with Crippen LogP contribution in [0.25, 0.3) is 0 Å². The number of ether oxygens (including phenoxy) is 1. The Morgan fingerprint density at radius 1 is 1.07 bits per heavy atom. The molecule has 3 rings (SSSR count). The number of benzene rings is 1. The second-order valence-corrected chi connectivity index (χ2v) is 7.48. The van der Waals surface area contributed by atoms with Crippen molar-refractivity contribution in [3.05, 3.63) is 29.8 Å². The van der Waals surface area contributed by atoms with Crippen molar-refractivity contribution in [1.29, 1.82) is 0 Å². The summed E-state index contributed by atoms with van der Waals surface area (Å²) in [7, 11) is 1.60. The second kappa shape index (κ2) is 11.6. The first kappa shape index (κ1) is 25.5. The fourth-order valence-corrected chi connectivity index (χ4v) is 3.88. The zero-order chi connectivity index (χ0) is 19.3. The van der Waals surface area contributed by atoms with Gasteiger partial charge in [0.25, 0.3) is 5.91 Å². The first-order chi connectivity index (χ1) is 13.0. The number of carbonyl (C=O) groups excluding carboxylic acids is 2. The van der Waals surface area contributed by atoms with Crippen LogP contribution in [0.5, 0.6) is 5.75 Å². The molecule has 0 bridgehead atoms. The molecular weight excluding hydrogens is 415 g/mol. The highest BCUT2D eigenvalue weighted by molar-refractivity contribution is 5.94. The van der Waals surface area contributed by atoms with Gasteiger partial charge in [0.15, 0.2) is 0 Å². The number of hydrogen-bond acceptors (Lipinski definition) is 5. The highest BCUT2D eigenvalue weighted by Gasteiger charge is 2.40. The van der Waals surface area contributed by atoms with E-state index in [1.54, 1.807) is 31.4 Å². The maximum Gasteiger partial charge on any atom is 0.251 e. The number of amides is 2. The maximum atomic E-state index is 12.7. The molecule has 2 aliphatic rings. The Morgan fingerprint density at radius 2 is 1.66 bits per heavy atom. The van der Waals surface area contributed by atoms with E-state index in [2.05, 4.69) is 10.2 Å². The van der Waals surface area contributed by atoms with Gasteiger partial charge in [-0.25, -0.2) is 0 Å². The topological polar surface area (TPSA) is 87.9 Å². The van der Waals surface area contributed by atoms with Crippen molar-refractivity contribution in [2.45, 2.75) is 31.2 Å². The molecule has 7 nitrogen and oxygen atoms in total. The molecule has 2 amide bonds. The van der Waals surface area contributed by atoms with Gasteiger partial charge < -0.3 is 20.7 Å². The monoisotopic (exact) mass is 446 g/mol. The number of piperazine rings is 1. The van der Waals surface area contributed by atoms with E-state index < -0.39 is 5.54 Å². The molecule has 3 N–H and O–H groups in total. The smallest absolute Gasteiger partial charge is 0.251 e. The zero-order valence-corrected chi connectivity index (χ0v) is 18.5. The molecular formula is C20H32Cl2N4O3. The van der Waals surface area contributed by atoms with Crippen LogP contribution in [0.4, 0.5) is 0 Å². The first-order valence-corrected chi connectivity index (χ1v) is 9.75. The van der Waals surface area contributed by atoms with E-state index in [0.717, 1.165) is 51.1 Å². The fraction of sp³-hybridized carbons (Fsp3) is 0.600. The van der Waals surface area contributed by atoms with Crippen molar-refractivity contribution in [1.82, 2.24) is 15.1 Å². The largest absolute Gasteiger partial charge is 0.497 e. The molecule has 1 saturated carbocycles. The lowest BCUT2D eigenvalue weighted by atomic mass is 9.97. The molecule has 1 saturated heterocycles. The summed E-state index contributed by atoms with van der Waals surface area (Å²) in [5, 5.41) is 2.95. The van der Waals surface area contributed by atoms with Crippen molar-refractivity contribution < 1.29 is 14.3 Å². The molecule has 0 unspecified atom stereocenters. The number of carbonyl (C=O) groups is 2. The third-order valence-corrected chi connectivity index (χ3v) is 5.65. The summed E-state index contributed by atoms with van der Waals surface area (Å²) in [6.07, 6.45) is 3.72. The normalized spacial score (nSPS) is 18.3. The lowest BCUT2D eigenvalue weighted by molar-refractivity contribution is -0.138. The summed E-state index contributed by atoms with van der Waals surface area (Å²) in [6.45, 7) is 4.42. The standard InChI is InChI=1S/C20H30N4O3.2ClH/c1-27-17-6-4-16(5-7-17)18(25)22-10-11-23-12-14-24(15-13-23)19(26)20(21)8-2-3-9-20;;/h4-7H,2-3,8-15,21H2,1H3,(H,22,25);2*1H. The summed E-state index contributed by atoms with van der Waals surface area (Å²) in [6, 6.07) is 7.06. The van der Waals surface area contributed by atoms with E-state index in [9.17, 15) is 9.59 Å². The molecule has 29 heavy (non-hydrogen) atoms. The van der Waals surface area contributed by atoms with Gasteiger partial charge in [-0.05, 0) is 37.1 Å². The minimum absolute atomic E-state index is 0. The Kier molecular flexibility index (Phi) is 10.2. The number of hydrogen-bond donors (Lipinski definition) is 2. The molecule has 164 valence electrons. The van der Waals surface area contributed by atoms with Crippen molar-refractivity contribution in [2.24, 2.45) is 5.73 Å². The number of methoxy groups -OCH3 is 1. The van der Waals surface area contributed by atoms with E-state index in [1.165, 1.54) is 0 Å². The first-order valence-electron chi connectivity index (χ1n) is 9.75. The van der Waals surface area contributed by atoms with Gasteiger partial charge in [-0.1, -0.05) is 12.8 Å². The van der Waals surface area contributed by atoms with E-state index in [0.29, 0.717) is 25.2 Å². The summed E-state index contributed by atoms with van der Waals surface area (Å²) >= 11 is 0. The van der Waals surface area contributed by atoms with Gasteiger partial charge in [-0.2, -0.15) is 0 Å². The minimum atomic E-state index is -0.630. The lowest BCUT2D eigenvalue weighted by Gasteiger charge is -2.38. The minimum Gasteiger partial charge on any atom is -0.497 e. The molecule has 1 aromatic carbocycles. The van der Waals surface area contributed by atoms with Gasteiger partial charge >= 0.3 is 0 Å². The lowest BCUT2D eigenvalue weighted by Crippen LogP contribution is -2.58. The molecule has 1 aliphatic carbocycles. The molecule has 1 heterocycles. The van der Waals surface area contributed by atoms with Gasteiger partial charge in [0.05, 0.1) is 12.6 Å². The summed E-state index contributed by atoms with van der Waals surface area (Å²) in [5.41, 5.74) is 6.29. The Bertz CT molecular complexity index is 658. The van der Waals surface area contributed by atoms with Crippen LogP contribution in [0.3, 0.4) is 0 Å². The van der Waals surface area contributed by atoms with Crippen molar-refractivity contribution in [3.63, 3.8) is 0 Å². The number of nitrogens with one attached hydrogen (secondary N) is 1. The molecule has 0 atom stereocenters. The van der Waals surface area contributed by atoms with Gasteiger partial charge in [0, 0.05) is 44.8 Å². The summed E-state index contributed by atoms with van der Waals surface area (Å²) in [4.78, 5) is 29.0. The average molecular weight is 447 g/mol. The van der Waals surface area contributed by atoms with E-state index in [1.807, 2.05) is 4.90 Å². The third-order valence-electron chi connectivity index (χ3n) is 5.65. The number of rotatable bonds is 6. The second-order valence-electron chi connectivity index (χ2n) is 7.48. The SMILES string of the molecule is COc1ccc(C(=O)NCCN2CCN(C(=O)C3(N)CCCC3)CC2)cc1.Cl.Cl. The van der Waals surface area contributed by atoms with Gasteiger partial charge in [0.2, 0.25) is 5.91 Å². The number of halogens is 2. The van der Waals surface area contributed by atoms with Crippen molar-refractivity contribution in [2.75, 3.05) is 46.4 Å². The predicted molar refractivity (Wildman–Crippen MR) is 118 cm³/mol. The molecule has 1 aliphatic heterocycles. The van der Waals surface area contributed by atoms with E-state index in [4.69, 9.17) is 10.5 Å². The molecule has 9 heteroatoms. The molecule has 2 fully saturated rings. The molecule has 0 spiro atoms. The molecule has 1 aromatic rings. The Hall–Kier alpha value is -1.54. The van der Waals surface area contributed by atoms with E-state index in [-0.39, 0.29) is 36.6 Å². The van der Waals surface area contributed by atoms with Crippen molar-refractivity contribution in [3.8, 4) is 5.75 Å². The van der Waals surface area contributed by atoms with Gasteiger partial charge in [-0.3, -0.25) is 14.5 Å². The quantitative estimate of drug-likeness (QED) is 0.693. The van der Waals surface area contributed by atoms with Gasteiger partial charge in [-0.15, -0.1) is 24.8 Å². The average Bonchev–Trinajstić information content (AvgIpc) is 3.15. The fourth-order valence-electron chi connectivity index (χ4n) is 3.88. The number of nitrogens with zero attached hydrogens (tertiary/aromatic N) is 2. The van der Waals surface area contributed by atoms with Crippen LogP contribution in [0.2, 0.25) is 0 Å².